The number of aromatic nitrogens is 4. The molecule has 0 bridgehead atoms. The van der Waals surface area contributed by atoms with Crippen LogP contribution in [0.5, 0.6) is 5.75 Å². The highest BCUT2D eigenvalue weighted by molar-refractivity contribution is 6.30. The zero-order chi connectivity index (χ0) is 20.7. The van der Waals surface area contributed by atoms with Gasteiger partial charge in [-0.15, -0.1) is 0 Å². The molecule has 0 aliphatic carbocycles. The Morgan fingerprint density at radius 2 is 2.13 bits per heavy atom. The predicted molar refractivity (Wildman–Crippen MR) is 110 cm³/mol. The Hall–Kier alpha value is -2.26. The lowest BCUT2D eigenvalue weighted by Crippen LogP contribution is -2.33. The molecule has 9 heteroatoms. The summed E-state index contributed by atoms with van der Waals surface area (Å²) in [7, 11) is 1.69. The van der Waals surface area contributed by atoms with Crippen molar-refractivity contribution in [3.8, 4) is 11.6 Å². The second-order valence-electron chi connectivity index (χ2n) is 7.78. The zero-order valence-electron chi connectivity index (χ0n) is 16.9. The van der Waals surface area contributed by atoms with E-state index in [2.05, 4.69) is 10.1 Å². The Labute approximate surface area is 179 Å². The molecular weight excluding hydrogens is 408 g/mol. The fourth-order valence-electron chi connectivity index (χ4n) is 3.83. The van der Waals surface area contributed by atoms with Crippen LogP contribution in [0.3, 0.4) is 0 Å². The minimum Gasteiger partial charge on any atom is -0.493 e. The van der Waals surface area contributed by atoms with E-state index in [0.29, 0.717) is 42.5 Å². The third kappa shape index (κ3) is 3.43. The molecular formula is C21H23ClN4O4. The second-order valence-corrected chi connectivity index (χ2v) is 8.17. The smallest absolute Gasteiger partial charge is 0.158 e. The Morgan fingerprint density at radius 1 is 1.27 bits per heavy atom. The molecule has 0 amide bonds. The van der Waals surface area contributed by atoms with Gasteiger partial charge >= 0.3 is 0 Å². The summed E-state index contributed by atoms with van der Waals surface area (Å²) < 4.78 is 24.7. The monoisotopic (exact) mass is 430 g/mol. The van der Waals surface area contributed by atoms with E-state index < -0.39 is 5.60 Å². The minimum absolute atomic E-state index is 0.402. The Bertz CT molecular complexity index is 1080. The normalized spacial score (nSPS) is 21.8. The van der Waals surface area contributed by atoms with Crippen LogP contribution in [0, 0.1) is 12.8 Å². The first-order valence-electron chi connectivity index (χ1n) is 9.95. The third-order valence-electron chi connectivity index (χ3n) is 5.75. The van der Waals surface area contributed by atoms with Gasteiger partial charge in [0.05, 0.1) is 43.3 Å². The summed E-state index contributed by atoms with van der Waals surface area (Å²) in [5.74, 6) is 1.76. The first-order valence-corrected chi connectivity index (χ1v) is 10.3. The van der Waals surface area contributed by atoms with Gasteiger partial charge in [-0.1, -0.05) is 11.6 Å². The van der Waals surface area contributed by atoms with Gasteiger partial charge in [-0.3, -0.25) is 0 Å². The van der Waals surface area contributed by atoms with Crippen molar-refractivity contribution in [2.45, 2.75) is 18.9 Å². The number of fused-ring (bicyclic) bond motifs is 1. The van der Waals surface area contributed by atoms with E-state index >= 15 is 0 Å². The molecule has 2 aliphatic heterocycles. The minimum atomic E-state index is -0.606. The van der Waals surface area contributed by atoms with Crippen LogP contribution in [-0.4, -0.2) is 59.9 Å². The van der Waals surface area contributed by atoms with Crippen molar-refractivity contribution in [1.29, 1.82) is 0 Å². The van der Waals surface area contributed by atoms with Gasteiger partial charge < -0.3 is 18.9 Å². The number of rotatable bonds is 6. The van der Waals surface area contributed by atoms with E-state index in [-0.39, 0.29) is 0 Å². The largest absolute Gasteiger partial charge is 0.493 e. The average molecular weight is 431 g/mol. The maximum Gasteiger partial charge on any atom is 0.158 e. The molecule has 2 fully saturated rings. The van der Waals surface area contributed by atoms with Crippen molar-refractivity contribution in [2.24, 2.45) is 5.92 Å². The molecule has 5 rings (SSSR count). The van der Waals surface area contributed by atoms with Gasteiger partial charge in [-0.25, -0.2) is 14.6 Å². The quantitative estimate of drug-likeness (QED) is 0.556. The number of aryl methyl sites for hydroxylation is 1. The molecule has 5 heterocycles. The van der Waals surface area contributed by atoms with E-state index in [0.717, 1.165) is 41.9 Å². The number of ether oxygens (including phenoxy) is 4. The fourth-order valence-corrected chi connectivity index (χ4v) is 3.98. The van der Waals surface area contributed by atoms with Crippen molar-refractivity contribution >= 4 is 22.5 Å². The van der Waals surface area contributed by atoms with Crippen molar-refractivity contribution in [1.82, 2.24) is 19.7 Å². The second kappa shape index (κ2) is 7.77. The van der Waals surface area contributed by atoms with Crippen LogP contribution in [0.25, 0.3) is 16.7 Å². The predicted octanol–water partition coefficient (Wildman–Crippen LogP) is 3.06. The average Bonchev–Trinajstić information content (AvgIpc) is 3.32. The molecule has 0 spiro atoms. The highest BCUT2D eigenvalue weighted by atomic mass is 35.5. The van der Waals surface area contributed by atoms with Crippen molar-refractivity contribution in [3.05, 3.63) is 40.9 Å². The van der Waals surface area contributed by atoms with Crippen LogP contribution in [0.15, 0.2) is 24.4 Å². The van der Waals surface area contributed by atoms with Crippen molar-refractivity contribution in [2.75, 3.05) is 40.1 Å². The lowest BCUT2D eigenvalue weighted by molar-refractivity contribution is -0.0510. The molecule has 0 saturated carbocycles. The number of hydrogen-bond acceptors (Lipinski definition) is 7. The Morgan fingerprint density at radius 3 is 2.83 bits per heavy atom. The third-order valence-corrected chi connectivity index (χ3v) is 5.96. The molecule has 0 aromatic carbocycles. The summed E-state index contributed by atoms with van der Waals surface area (Å²) in [6.45, 7) is 5.07. The van der Waals surface area contributed by atoms with Gasteiger partial charge in [0.2, 0.25) is 0 Å². The SMILES string of the molecule is CO[C@]1(c2cc(OCC3COC3)cc(-n3nc(C)c4cnc(Cl)cc43)n2)CCOC1. The van der Waals surface area contributed by atoms with Gasteiger partial charge in [-0.2, -0.15) is 5.10 Å². The van der Waals surface area contributed by atoms with Gasteiger partial charge in [0.1, 0.15) is 16.5 Å². The van der Waals surface area contributed by atoms with E-state index in [1.807, 2.05) is 19.1 Å². The Kier molecular flexibility index (Phi) is 5.10. The Balaban J connectivity index is 1.62. The lowest BCUT2D eigenvalue weighted by Gasteiger charge is -2.28. The first-order chi connectivity index (χ1) is 14.6. The molecule has 0 radical (unpaired) electrons. The molecule has 2 saturated heterocycles. The van der Waals surface area contributed by atoms with Crippen LogP contribution >= 0.6 is 11.6 Å². The number of methoxy groups -OCH3 is 1. The highest BCUT2D eigenvalue weighted by Gasteiger charge is 2.39. The molecule has 8 nitrogen and oxygen atoms in total. The van der Waals surface area contributed by atoms with E-state index in [1.165, 1.54) is 0 Å². The van der Waals surface area contributed by atoms with Gasteiger partial charge in [0.15, 0.2) is 5.82 Å². The van der Waals surface area contributed by atoms with Crippen LogP contribution in [0.1, 0.15) is 17.8 Å². The highest BCUT2D eigenvalue weighted by Crippen LogP contribution is 2.36. The van der Waals surface area contributed by atoms with Crippen LogP contribution in [0.4, 0.5) is 0 Å². The zero-order valence-corrected chi connectivity index (χ0v) is 17.7. The summed E-state index contributed by atoms with van der Waals surface area (Å²) >= 11 is 6.16. The summed E-state index contributed by atoms with van der Waals surface area (Å²) in [4.78, 5) is 9.09. The molecule has 1 atom stereocenters. The number of pyridine rings is 2. The number of hydrogen-bond donors (Lipinski definition) is 0. The molecule has 0 unspecified atom stereocenters. The summed E-state index contributed by atoms with van der Waals surface area (Å²) in [6, 6.07) is 5.62. The molecule has 158 valence electrons. The van der Waals surface area contributed by atoms with Gasteiger partial charge in [0.25, 0.3) is 0 Å². The maximum absolute atomic E-state index is 6.16. The molecule has 2 aliphatic rings. The number of nitrogens with zero attached hydrogens (tertiary/aromatic N) is 4. The summed E-state index contributed by atoms with van der Waals surface area (Å²) in [5, 5.41) is 6.01. The lowest BCUT2D eigenvalue weighted by atomic mass is 9.97. The standard InChI is InChI=1S/C21H23ClN4O4/c1-13-16-8-23-19(22)7-17(16)26(25-13)20-6-15(30-11-14-9-29-10-14)5-18(24-20)21(27-2)3-4-28-12-21/h5-8,14H,3-4,9-12H2,1-2H3/t21-/m1/s1. The summed E-state index contributed by atoms with van der Waals surface area (Å²) in [6.07, 6.45) is 2.46. The van der Waals surface area contributed by atoms with Crippen molar-refractivity contribution < 1.29 is 18.9 Å². The van der Waals surface area contributed by atoms with Gasteiger partial charge in [0, 0.05) is 55.8 Å². The molecule has 3 aromatic heterocycles. The van der Waals surface area contributed by atoms with E-state index in [1.54, 1.807) is 24.1 Å². The fraction of sp³-hybridized carbons (Fsp3) is 0.476. The first kappa shape index (κ1) is 19.7. The topological polar surface area (TPSA) is 80.5 Å². The van der Waals surface area contributed by atoms with E-state index in [4.69, 9.17) is 35.5 Å². The van der Waals surface area contributed by atoms with E-state index in [9.17, 15) is 0 Å². The van der Waals surface area contributed by atoms with Crippen LogP contribution in [-0.2, 0) is 19.8 Å². The van der Waals surface area contributed by atoms with Crippen molar-refractivity contribution in [3.63, 3.8) is 0 Å². The van der Waals surface area contributed by atoms with Crippen LogP contribution in [0.2, 0.25) is 5.15 Å². The summed E-state index contributed by atoms with van der Waals surface area (Å²) in [5.41, 5.74) is 1.84. The maximum atomic E-state index is 6.16. The van der Waals surface area contributed by atoms with Crippen LogP contribution < -0.4 is 4.74 Å². The molecule has 0 N–H and O–H groups in total. The molecule has 30 heavy (non-hydrogen) atoms. The number of halogens is 1. The van der Waals surface area contributed by atoms with Gasteiger partial charge in [-0.05, 0) is 6.92 Å². The molecule has 3 aromatic rings.